The van der Waals surface area contributed by atoms with Crippen LogP contribution in [0.1, 0.15) is 49.2 Å². The lowest BCUT2D eigenvalue weighted by atomic mass is 10.1. The van der Waals surface area contributed by atoms with E-state index >= 15 is 0 Å². The third kappa shape index (κ3) is 5.60. The lowest BCUT2D eigenvalue weighted by molar-refractivity contribution is -0.120. The van der Waals surface area contributed by atoms with Gasteiger partial charge in [-0.3, -0.25) is 14.2 Å². The number of ether oxygens (including phenoxy) is 1. The molecule has 0 fully saturated rings. The highest BCUT2D eigenvalue weighted by Gasteiger charge is 2.22. The third-order valence-corrected chi connectivity index (χ3v) is 7.63. The lowest BCUT2D eigenvalue weighted by Crippen LogP contribution is -2.34. The van der Waals surface area contributed by atoms with Gasteiger partial charge in [0.15, 0.2) is 5.16 Å². The number of carbonyl (C=O) groups excluding carboxylic acids is 1. The molecule has 0 aliphatic heterocycles. The number of rotatable bonds is 10. The number of fused-ring (bicyclic) bond motifs is 1. The Morgan fingerprint density at radius 1 is 1.25 bits per heavy atom. The number of carbonyl (C=O) groups is 1. The van der Waals surface area contributed by atoms with Gasteiger partial charge in [0.25, 0.3) is 5.56 Å². The molecule has 0 radical (unpaired) electrons. The molecule has 0 saturated heterocycles. The van der Waals surface area contributed by atoms with Gasteiger partial charge in [-0.2, -0.15) is 0 Å². The molecule has 2 heterocycles. The van der Waals surface area contributed by atoms with Gasteiger partial charge < -0.3 is 10.1 Å². The highest BCUT2D eigenvalue weighted by molar-refractivity contribution is 8.00. The smallest absolute Gasteiger partial charge is 0.263 e. The fraction of sp³-hybridized carbons (Fsp3) is 0.458. The summed E-state index contributed by atoms with van der Waals surface area (Å²) in [6.07, 6.45) is 0.711. The number of amides is 1. The SMILES string of the molecule is CCOCCCn1c(SC(C)C(=O)NC(C)c2ccccc2)nc2sc(C)c(C)c2c1=O. The van der Waals surface area contributed by atoms with E-state index in [0.717, 1.165) is 20.8 Å². The van der Waals surface area contributed by atoms with Crippen LogP contribution in [-0.4, -0.2) is 33.9 Å². The summed E-state index contributed by atoms with van der Waals surface area (Å²) in [6, 6.07) is 9.77. The summed E-state index contributed by atoms with van der Waals surface area (Å²) in [7, 11) is 0. The van der Waals surface area contributed by atoms with Crippen LogP contribution < -0.4 is 10.9 Å². The number of thioether (sulfide) groups is 1. The maximum absolute atomic E-state index is 13.3. The zero-order valence-electron chi connectivity index (χ0n) is 19.3. The second-order valence-electron chi connectivity index (χ2n) is 7.77. The van der Waals surface area contributed by atoms with E-state index in [1.807, 2.05) is 65.0 Å². The number of aromatic nitrogens is 2. The maximum Gasteiger partial charge on any atom is 0.263 e. The van der Waals surface area contributed by atoms with Crippen molar-refractivity contribution in [3.05, 3.63) is 56.7 Å². The summed E-state index contributed by atoms with van der Waals surface area (Å²) in [6.45, 7) is 11.5. The van der Waals surface area contributed by atoms with Crippen molar-refractivity contribution in [2.45, 2.75) is 64.0 Å². The van der Waals surface area contributed by atoms with Crippen molar-refractivity contribution >= 4 is 39.2 Å². The van der Waals surface area contributed by atoms with Gasteiger partial charge in [-0.25, -0.2) is 4.98 Å². The number of thiophene rings is 1. The van der Waals surface area contributed by atoms with Crippen molar-refractivity contribution in [1.29, 1.82) is 0 Å². The summed E-state index contributed by atoms with van der Waals surface area (Å²) in [5.41, 5.74) is 2.00. The van der Waals surface area contributed by atoms with Crippen LogP contribution in [-0.2, 0) is 16.1 Å². The molecule has 6 nitrogen and oxygen atoms in total. The number of nitrogens with zero attached hydrogens (tertiary/aromatic N) is 2. The molecule has 172 valence electrons. The number of benzene rings is 1. The van der Waals surface area contributed by atoms with E-state index in [0.29, 0.717) is 36.7 Å². The number of hydrogen-bond acceptors (Lipinski definition) is 6. The fourth-order valence-electron chi connectivity index (χ4n) is 3.43. The Labute approximate surface area is 197 Å². The summed E-state index contributed by atoms with van der Waals surface area (Å²) in [4.78, 5) is 32.8. The van der Waals surface area contributed by atoms with Crippen molar-refractivity contribution in [1.82, 2.24) is 14.9 Å². The Hall–Kier alpha value is -2.16. The lowest BCUT2D eigenvalue weighted by Gasteiger charge is -2.19. The standard InChI is InChI=1S/C24H31N3O3S2/c1-6-30-14-10-13-27-23(29)20-15(2)17(4)31-22(20)26-24(27)32-18(5)21(28)25-16(3)19-11-8-7-9-12-19/h7-9,11-12,16,18H,6,10,13-14H2,1-5H3,(H,25,28). The van der Waals surface area contributed by atoms with Gasteiger partial charge in [-0.05, 0) is 52.2 Å². The topological polar surface area (TPSA) is 73.2 Å². The molecular formula is C24H31N3O3S2. The van der Waals surface area contributed by atoms with Gasteiger partial charge >= 0.3 is 0 Å². The molecule has 0 bridgehead atoms. The molecule has 0 saturated carbocycles. The number of hydrogen-bond donors (Lipinski definition) is 1. The molecule has 3 rings (SSSR count). The van der Waals surface area contributed by atoms with Crippen LogP contribution in [0.4, 0.5) is 0 Å². The average Bonchev–Trinajstić information content (AvgIpc) is 3.06. The molecule has 1 N–H and O–H groups in total. The molecule has 1 aromatic carbocycles. The van der Waals surface area contributed by atoms with E-state index in [2.05, 4.69) is 5.32 Å². The molecule has 0 spiro atoms. The molecule has 32 heavy (non-hydrogen) atoms. The van der Waals surface area contributed by atoms with Gasteiger partial charge in [0.2, 0.25) is 5.91 Å². The monoisotopic (exact) mass is 473 g/mol. The molecule has 2 aromatic heterocycles. The van der Waals surface area contributed by atoms with Crippen molar-refractivity contribution in [2.24, 2.45) is 0 Å². The average molecular weight is 474 g/mol. The Morgan fingerprint density at radius 3 is 2.66 bits per heavy atom. The largest absolute Gasteiger partial charge is 0.382 e. The molecule has 2 unspecified atom stereocenters. The van der Waals surface area contributed by atoms with E-state index in [1.54, 1.807) is 4.57 Å². The summed E-state index contributed by atoms with van der Waals surface area (Å²) >= 11 is 2.86. The van der Waals surface area contributed by atoms with Gasteiger partial charge in [0.05, 0.1) is 16.7 Å². The summed E-state index contributed by atoms with van der Waals surface area (Å²) in [5.74, 6) is -0.0832. The Bertz CT molecular complexity index is 1120. The van der Waals surface area contributed by atoms with E-state index in [9.17, 15) is 9.59 Å². The van der Waals surface area contributed by atoms with Crippen LogP contribution in [0, 0.1) is 13.8 Å². The van der Waals surface area contributed by atoms with Gasteiger partial charge in [-0.15, -0.1) is 11.3 Å². The van der Waals surface area contributed by atoms with Crippen LogP contribution in [0.3, 0.4) is 0 Å². The van der Waals surface area contributed by atoms with Crippen LogP contribution in [0.25, 0.3) is 10.2 Å². The fourth-order valence-corrected chi connectivity index (χ4v) is 5.45. The summed E-state index contributed by atoms with van der Waals surface area (Å²) in [5, 5.41) is 3.93. The zero-order valence-corrected chi connectivity index (χ0v) is 20.9. The molecule has 3 aromatic rings. The van der Waals surface area contributed by atoms with Crippen molar-refractivity contribution in [2.75, 3.05) is 13.2 Å². The third-order valence-electron chi connectivity index (χ3n) is 5.44. The minimum Gasteiger partial charge on any atom is -0.382 e. The minimum absolute atomic E-state index is 0.0406. The normalized spacial score (nSPS) is 13.3. The van der Waals surface area contributed by atoms with E-state index < -0.39 is 5.25 Å². The first-order valence-electron chi connectivity index (χ1n) is 10.9. The molecule has 8 heteroatoms. The van der Waals surface area contributed by atoms with Crippen molar-refractivity contribution in [3.63, 3.8) is 0 Å². The highest BCUT2D eigenvalue weighted by Crippen LogP contribution is 2.30. The molecule has 0 aliphatic rings. The highest BCUT2D eigenvalue weighted by atomic mass is 32.2. The molecule has 0 aliphatic carbocycles. The Kier molecular flexibility index (Phi) is 8.51. The number of nitrogens with one attached hydrogen (secondary N) is 1. The van der Waals surface area contributed by atoms with Gasteiger partial charge in [-0.1, -0.05) is 42.1 Å². The first-order chi connectivity index (χ1) is 15.3. The first-order valence-corrected chi connectivity index (χ1v) is 12.6. The van der Waals surface area contributed by atoms with Crippen LogP contribution in [0.15, 0.2) is 40.3 Å². The molecular weight excluding hydrogens is 442 g/mol. The predicted molar refractivity (Wildman–Crippen MR) is 133 cm³/mol. The zero-order chi connectivity index (χ0) is 23.3. The maximum atomic E-state index is 13.3. The van der Waals surface area contributed by atoms with Crippen LogP contribution in [0.5, 0.6) is 0 Å². The first kappa shape index (κ1) is 24.5. The number of aryl methyl sites for hydroxylation is 2. The van der Waals surface area contributed by atoms with Gasteiger partial charge in [0, 0.05) is 24.6 Å². The van der Waals surface area contributed by atoms with E-state index in [4.69, 9.17) is 9.72 Å². The molecule has 2 atom stereocenters. The predicted octanol–water partition coefficient (Wildman–Crippen LogP) is 4.86. The van der Waals surface area contributed by atoms with Crippen molar-refractivity contribution in [3.8, 4) is 0 Å². The van der Waals surface area contributed by atoms with Crippen molar-refractivity contribution < 1.29 is 9.53 Å². The van der Waals surface area contributed by atoms with E-state index in [1.165, 1.54) is 23.1 Å². The quantitative estimate of drug-likeness (QED) is 0.259. The van der Waals surface area contributed by atoms with E-state index in [-0.39, 0.29) is 17.5 Å². The Morgan fingerprint density at radius 2 is 1.97 bits per heavy atom. The minimum atomic E-state index is -0.397. The van der Waals surface area contributed by atoms with Gasteiger partial charge in [0.1, 0.15) is 4.83 Å². The molecule has 1 amide bonds. The Balaban J connectivity index is 1.83. The summed E-state index contributed by atoms with van der Waals surface area (Å²) < 4.78 is 7.15. The van der Waals surface area contributed by atoms with Crippen LogP contribution >= 0.6 is 23.1 Å². The van der Waals surface area contributed by atoms with Crippen LogP contribution in [0.2, 0.25) is 0 Å². The second-order valence-corrected chi connectivity index (χ2v) is 10.3. The second kappa shape index (κ2) is 11.1.